The van der Waals surface area contributed by atoms with Crippen molar-refractivity contribution in [2.45, 2.75) is 204 Å². The van der Waals surface area contributed by atoms with Crippen LogP contribution in [0.1, 0.15) is 193 Å². The Balaban J connectivity index is 1.27. The van der Waals surface area contributed by atoms with E-state index in [1.165, 1.54) is 193 Å². The SMILES string of the molecule is C1CCC(C2(OC3(C4CCCCC4)OCC3(C3CCCCC3)C3CCCCC3)OCC2(C2CCCCC2)C2CCCCC2)CC1. The molecule has 0 N–H and O–H groups in total. The molecule has 0 bridgehead atoms. The maximum atomic E-state index is 8.58. The second kappa shape index (κ2) is 13.7. The summed E-state index contributed by atoms with van der Waals surface area (Å²) in [4.78, 5) is 0. The lowest BCUT2D eigenvalue weighted by atomic mass is 9.47. The predicted molar refractivity (Wildman–Crippen MR) is 183 cm³/mol. The first-order chi connectivity index (χ1) is 22.3. The van der Waals surface area contributed by atoms with Gasteiger partial charge in [-0.05, 0) is 101 Å². The van der Waals surface area contributed by atoms with Gasteiger partial charge in [0.15, 0.2) is 11.6 Å². The normalized spacial score (nSPS) is 38.4. The van der Waals surface area contributed by atoms with Crippen LogP contribution in [0, 0.1) is 46.3 Å². The summed E-state index contributed by atoms with van der Waals surface area (Å²) < 4.78 is 23.5. The van der Waals surface area contributed by atoms with Crippen LogP contribution in [0.3, 0.4) is 0 Å². The monoisotopic (exact) mass is 623 g/mol. The van der Waals surface area contributed by atoms with Gasteiger partial charge in [0.1, 0.15) is 0 Å². The quantitative estimate of drug-likeness (QED) is 0.269. The van der Waals surface area contributed by atoms with Crippen LogP contribution in [0.4, 0.5) is 0 Å². The molecule has 6 saturated carbocycles. The van der Waals surface area contributed by atoms with Gasteiger partial charge in [0, 0.05) is 11.8 Å². The van der Waals surface area contributed by atoms with Gasteiger partial charge >= 0.3 is 0 Å². The minimum absolute atomic E-state index is 0.210. The van der Waals surface area contributed by atoms with Gasteiger partial charge < -0.3 is 14.2 Å². The van der Waals surface area contributed by atoms with Crippen LogP contribution in [0.15, 0.2) is 0 Å². The first-order valence-electron chi connectivity index (χ1n) is 21.2. The minimum atomic E-state index is -0.413. The highest BCUT2D eigenvalue weighted by molar-refractivity contribution is 5.18. The lowest BCUT2D eigenvalue weighted by Crippen LogP contribution is -2.82. The molecule has 0 spiro atoms. The molecule has 256 valence electrons. The van der Waals surface area contributed by atoms with E-state index < -0.39 is 11.6 Å². The molecule has 2 aliphatic heterocycles. The second-order valence-electron chi connectivity index (χ2n) is 18.1. The van der Waals surface area contributed by atoms with Crippen LogP contribution < -0.4 is 0 Å². The molecule has 2 saturated heterocycles. The van der Waals surface area contributed by atoms with Crippen LogP contribution in [0.5, 0.6) is 0 Å². The number of hydrogen-bond donors (Lipinski definition) is 0. The molecule has 0 aromatic carbocycles. The largest absolute Gasteiger partial charge is 0.348 e. The molecule has 6 aliphatic carbocycles. The van der Waals surface area contributed by atoms with E-state index in [0.29, 0.717) is 11.8 Å². The first kappa shape index (κ1) is 32.1. The summed E-state index contributed by atoms with van der Waals surface area (Å²) in [6, 6.07) is 0. The van der Waals surface area contributed by atoms with Gasteiger partial charge in [-0.3, -0.25) is 0 Å². The summed E-state index contributed by atoms with van der Waals surface area (Å²) in [5.41, 5.74) is 0.419. The second-order valence-corrected chi connectivity index (χ2v) is 18.1. The number of hydrogen-bond acceptors (Lipinski definition) is 3. The fourth-order valence-electron chi connectivity index (χ4n) is 14.1. The fraction of sp³-hybridized carbons (Fsp3) is 1.00. The van der Waals surface area contributed by atoms with Gasteiger partial charge in [0.2, 0.25) is 0 Å². The molecule has 2 atom stereocenters. The molecule has 8 aliphatic rings. The Morgan fingerprint density at radius 3 is 0.711 bits per heavy atom. The molecule has 2 heterocycles. The molecule has 0 radical (unpaired) electrons. The Hall–Kier alpha value is -0.120. The van der Waals surface area contributed by atoms with E-state index in [0.717, 1.165) is 36.9 Å². The zero-order valence-corrected chi connectivity index (χ0v) is 29.3. The van der Waals surface area contributed by atoms with Crippen molar-refractivity contribution in [2.24, 2.45) is 46.3 Å². The Kier molecular flexibility index (Phi) is 9.74. The maximum absolute atomic E-state index is 8.58. The first-order valence-corrected chi connectivity index (χ1v) is 21.2. The van der Waals surface area contributed by atoms with E-state index in [4.69, 9.17) is 14.2 Å². The van der Waals surface area contributed by atoms with Crippen molar-refractivity contribution in [2.75, 3.05) is 13.2 Å². The third-order valence-electron chi connectivity index (χ3n) is 16.3. The Labute approximate surface area is 277 Å². The van der Waals surface area contributed by atoms with E-state index in [2.05, 4.69) is 0 Å². The standard InChI is InChI=1S/C42H70O3/c1-7-19-33(20-8-1)39(34-21-9-2-10-22-34)31-43-41(39,37-27-15-5-16-28-37)45-42(38-29-17-6-18-30-38)40(32-44-42,35-23-11-3-12-24-35)36-25-13-4-14-26-36/h33-38H,1-32H2. The molecule has 0 aromatic heterocycles. The van der Waals surface area contributed by atoms with Crippen molar-refractivity contribution < 1.29 is 14.2 Å². The lowest BCUT2D eigenvalue weighted by Gasteiger charge is -2.75. The van der Waals surface area contributed by atoms with Gasteiger partial charge in [-0.1, -0.05) is 116 Å². The van der Waals surface area contributed by atoms with Gasteiger partial charge in [0.05, 0.1) is 24.0 Å². The van der Waals surface area contributed by atoms with Crippen molar-refractivity contribution in [3.63, 3.8) is 0 Å². The maximum Gasteiger partial charge on any atom is 0.182 e. The molecule has 3 nitrogen and oxygen atoms in total. The molecular formula is C42H70O3. The Bertz CT molecular complexity index is 829. The summed E-state index contributed by atoms with van der Waals surface area (Å²) in [6.07, 6.45) is 42.2. The third kappa shape index (κ3) is 5.18. The van der Waals surface area contributed by atoms with Crippen molar-refractivity contribution in [1.82, 2.24) is 0 Å². The van der Waals surface area contributed by atoms with Crippen molar-refractivity contribution in [3.05, 3.63) is 0 Å². The van der Waals surface area contributed by atoms with Crippen molar-refractivity contribution in [1.29, 1.82) is 0 Å². The summed E-state index contributed by atoms with van der Waals surface area (Å²) >= 11 is 0. The van der Waals surface area contributed by atoms with Crippen LogP contribution in [0.25, 0.3) is 0 Å². The molecule has 8 fully saturated rings. The van der Waals surface area contributed by atoms with Crippen LogP contribution in [0.2, 0.25) is 0 Å². The van der Waals surface area contributed by atoms with E-state index in [1.54, 1.807) is 0 Å². The number of ether oxygens (including phenoxy) is 3. The predicted octanol–water partition coefficient (Wildman–Crippen LogP) is 11.9. The zero-order valence-electron chi connectivity index (χ0n) is 29.3. The highest BCUT2D eigenvalue weighted by Crippen LogP contribution is 2.72. The fourth-order valence-corrected chi connectivity index (χ4v) is 14.1. The summed E-state index contributed by atoms with van der Waals surface area (Å²) in [5, 5.41) is 0. The van der Waals surface area contributed by atoms with Crippen molar-refractivity contribution >= 4 is 0 Å². The average Bonchev–Trinajstić information content (AvgIpc) is 3.11. The molecule has 0 amide bonds. The molecule has 8 rings (SSSR count). The molecule has 45 heavy (non-hydrogen) atoms. The van der Waals surface area contributed by atoms with Crippen LogP contribution in [-0.4, -0.2) is 24.8 Å². The third-order valence-corrected chi connectivity index (χ3v) is 16.3. The Morgan fingerprint density at radius 1 is 0.289 bits per heavy atom. The average molecular weight is 623 g/mol. The van der Waals surface area contributed by atoms with Gasteiger partial charge in [0.25, 0.3) is 0 Å². The molecule has 0 aromatic rings. The minimum Gasteiger partial charge on any atom is -0.348 e. The van der Waals surface area contributed by atoms with E-state index >= 15 is 0 Å². The van der Waals surface area contributed by atoms with Crippen LogP contribution >= 0.6 is 0 Å². The number of rotatable bonds is 8. The van der Waals surface area contributed by atoms with Gasteiger partial charge in [-0.2, -0.15) is 0 Å². The summed E-state index contributed by atoms with van der Waals surface area (Å²) in [7, 11) is 0. The van der Waals surface area contributed by atoms with E-state index in [-0.39, 0.29) is 10.8 Å². The summed E-state index contributed by atoms with van der Waals surface area (Å²) in [6.45, 7) is 1.97. The topological polar surface area (TPSA) is 27.7 Å². The van der Waals surface area contributed by atoms with Gasteiger partial charge in [-0.15, -0.1) is 0 Å². The zero-order chi connectivity index (χ0) is 30.2. The highest BCUT2D eigenvalue weighted by atomic mass is 16.8. The van der Waals surface area contributed by atoms with E-state index in [1.807, 2.05) is 0 Å². The summed E-state index contributed by atoms with van der Waals surface area (Å²) in [5.74, 6) is 3.43. The van der Waals surface area contributed by atoms with E-state index in [9.17, 15) is 0 Å². The molecular weight excluding hydrogens is 552 g/mol. The molecule has 2 unspecified atom stereocenters. The Morgan fingerprint density at radius 2 is 0.511 bits per heavy atom. The van der Waals surface area contributed by atoms with Crippen LogP contribution in [-0.2, 0) is 14.2 Å². The smallest absolute Gasteiger partial charge is 0.182 e. The van der Waals surface area contributed by atoms with Gasteiger partial charge in [-0.25, -0.2) is 0 Å². The highest BCUT2D eigenvalue weighted by Gasteiger charge is 2.78. The van der Waals surface area contributed by atoms with Crippen molar-refractivity contribution in [3.8, 4) is 0 Å². The lowest BCUT2D eigenvalue weighted by molar-refractivity contribution is -0.554. The molecule has 3 heteroatoms.